The van der Waals surface area contributed by atoms with Crippen molar-refractivity contribution in [3.8, 4) is 0 Å². The highest BCUT2D eigenvalue weighted by molar-refractivity contribution is 5.77. The lowest BCUT2D eigenvalue weighted by atomic mass is 10.0. The van der Waals surface area contributed by atoms with Crippen molar-refractivity contribution in [2.24, 2.45) is 0 Å². The van der Waals surface area contributed by atoms with Crippen molar-refractivity contribution in [1.29, 1.82) is 0 Å². The summed E-state index contributed by atoms with van der Waals surface area (Å²) in [6, 6.07) is 1.95. The molecule has 0 amide bonds. The van der Waals surface area contributed by atoms with E-state index in [9.17, 15) is 4.79 Å². The number of esters is 1. The van der Waals surface area contributed by atoms with Gasteiger partial charge >= 0.3 is 5.97 Å². The summed E-state index contributed by atoms with van der Waals surface area (Å²) < 4.78 is 6.99. The van der Waals surface area contributed by atoms with Crippen LogP contribution in [0, 0.1) is 13.8 Å². The molecule has 2 rings (SSSR count). The maximum absolute atomic E-state index is 12.1. The Balaban J connectivity index is 2.51. The molecule has 1 unspecified atom stereocenters. The van der Waals surface area contributed by atoms with Crippen LogP contribution >= 0.6 is 0 Å². The molecule has 6 nitrogen and oxygen atoms in total. The van der Waals surface area contributed by atoms with E-state index in [0.717, 1.165) is 17.8 Å². The van der Waals surface area contributed by atoms with E-state index in [1.807, 2.05) is 31.2 Å². The van der Waals surface area contributed by atoms with Gasteiger partial charge < -0.3 is 4.74 Å². The lowest BCUT2D eigenvalue weighted by molar-refractivity contribution is -0.145. The fraction of sp³-hybridized carbons (Fsp3) is 0.571. The van der Waals surface area contributed by atoms with E-state index in [-0.39, 0.29) is 5.97 Å². The Kier molecular flexibility index (Phi) is 4.32. The van der Waals surface area contributed by atoms with Gasteiger partial charge in [-0.25, -0.2) is 4.98 Å². The smallest absolute Gasteiger partial charge is 0.316 e. The summed E-state index contributed by atoms with van der Waals surface area (Å²) >= 11 is 0. The van der Waals surface area contributed by atoms with Crippen molar-refractivity contribution >= 4 is 11.7 Å². The van der Waals surface area contributed by atoms with Crippen LogP contribution in [0.25, 0.3) is 5.78 Å². The maximum Gasteiger partial charge on any atom is 0.316 e. The topological polar surface area (TPSA) is 69.4 Å². The van der Waals surface area contributed by atoms with Gasteiger partial charge in [-0.05, 0) is 33.3 Å². The zero-order chi connectivity index (χ0) is 14.7. The molecule has 0 N–H and O–H groups in total. The lowest BCUT2D eigenvalue weighted by Crippen LogP contribution is -2.19. The van der Waals surface area contributed by atoms with Gasteiger partial charge in [-0.3, -0.25) is 9.20 Å². The monoisotopic (exact) mass is 276 g/mol. The number of carbonyl (C=O) groups is 1. The minimum atomic E-state index is -0.391. The average molecular weight is 276 g/mol. The molecule has 0 aliphatic rings. The first-order valence-corrected chi connectivity index (χ1v) is 6.94. The van der Waals surface area contributed by atoms with Crippen LogP contribution in [-0.4, -0.2) is 32.2 Å². The first-order valence-electron chi connectivity index (χ1n) is 6.94. The summed E-state index contributed by atoms with van der Waals surface area (Å²) in [5.41, 5.74) is 1.86. The third kappa shape index (κ3) is 2.64. The molecule has 2 heterocycles. The van der Waals surface area contributed by atoms with Crippen molar-refractivity contribution < 1.29 is 9.53 Å². The van der Waals surface area contributed by atoms with Crippen LogP contribution in [0.1, 0.15) is 49.8 Å². The third-order valence-electron chi connectivity index (χ3n) is 3.18. The van der Waals surface area contributed by atoms with E-state index in [1.54, 1.807) is 6.92 Å². The highest BCUT2D eigenvalue weighted by Gasteiger charge is 2.27. The van der Waals surface area contributed by atoms with Crippen molar-refractivity contribution in [3.05, 3.63) is 23.3 Å². The zero-order valence-electron chi connectivity index (χ0n) is 12.4. The molecular weight excluding hydrogens is 256 g/mol. The van der Waals surface area contributed by atoms with Crippen LogP contribution in [0.4, 0.5) is 0 Å². The second-order valence-electron chi connectivity index (χ2n) is 4.83. The summed E-state index contributed by atoms with van der Waals surface area (Å²) in [6.07, 6.45) is 1.56. The van der Waals surface area contributed by atoms with E-state index < -0.39 is 5.92 Å². The van der Waals surface area contributed by atoms with Crippen molar-refractivity contribution in [1.82, 2.24) is 19.6 Å². The second-order valence-corrected chi connectivity index (χ2v) is 4.83. The van der Waals surface area contributed by atoms with Gasteiger partial charge in [-0.2, -0.15) is 0 Å². The number of hydrogen-bond acceptors (Lipinski definition) is 5. The molecule has 2 aromatic rings. The van der Waals surface area contributed by atoms with Crippen LogP contribution < -0.4 is 0 Å². The summed E-state index contributed by atoms with van der Waals surface area (Å²) in [4.78, 5) is 16.5. The molecule has 0 saturated heterocycles. The second kappa shape index (κ2) is 5.98. The van der Waals surface area contributed by atoms with Crippen molar-refractivity contribution in [2.45, 2.75) is 46.5 Å². The fourth-order valence-corrected chi connectivity index (χ4v) is 2.36. The summed E-state index contributed by atoms with van der Waals surface area (Å²) in [5.74, 6) is 0.509. The number of ether oxygens (including phenoxy) is 1. The summed E-state index contributed by atoms with van der Waals surface area (Å²) in [7, 11) is 0. The molecule has 0 saturated carbocycles. The largest absolute Gasteiger partial charge is 0.465 e. The molecule has 0 fully saturated rings. The van der Waals surface area contributed by atoms with E-state index in [1.165, 1.54) is 0 Å². The van der Waals surface area contributed by atoms with Gasteiger partial charge in [0.15, 0.2) is 5.82 Å². The van der Waals surface area contributed by atoms with Gasteiger partial charge in [0.25, 0.3) is 5.78 Å². The molecule has 2 aromatic heterocycles. The van der Waals surface area contributed by atoms with Crippen LogP contribution in [0.2, 0.25) is 0 Å². The predicted molar refractivity (Wildman–Crippen MR) is 74.5 cm³/mol. The van der Waals surface area contributed by atoms with E-state index >= 15 is 0 Å². The first-order chi connectivity index (χ1) is 9.58. The van der Waals surface area contributed by atoms with Crippen LogP contribution in [0.3, 0.4) is 0 Å². The molecule has 0 aliphatic heterocycles. The van der Waals surface area contributed by atoms with E-state index in [4.69, 9.17) is 4.74 Å². The van der Waals surface area contributed by atoms with Gasteiger partial charge in [-0.1, -0.05) is 13.3 Å². The van der Waals surface area contributed by atoms with Gasteiger partial charge in [0.05, 0.1) is 6.61 Å². The quantitative estimate of drug-likeness (QED) is 0.783. The molecular formula is C14H20N4O2. The van der Waals surface area contributed by atoms with E-state index in [2.05, 4.69) is 15.2 Å². The average Bonchev–Trinajstić information content (AvgIpc) is 2.79. The minimum absolute atomic E-state index is 0.247. The normalized spacial score (nSPS) is 12.6. The minimum Gasteiger partial charge on any atom is -0.465 e. The molecule has 0 spiro atoms. The number of hydrogen-bond donors (Lipinski definition) is 0. The molecule has 0 bridgehead atoms. The van der Waals surface area contributed by atoms with E-state index in [0.29, 0.717) is 24.6 Å². The Morgan fingerprint density at radius 1 is 1.35 bits per heavy atom. The number of carbonyl (C=O) groups excluding carboxylic acids is 1. The van der Waals surface area contributed by atoms with Gasteiger partial charge in [-0.15, -0.1) is 10.2 Å². The highest BCUT2D eigenvalue weighted by atomic mass is 16.5. The molecule has 0 aromatic carbocycles. The lowest BCUT2D eigenvalue weighted by Gasteiger charge is -2.14. The Morgan fingerprint density at radius 3 is 2.75 bits per heavy atom. The standard InChI is InChI=1S/C14H20N4O2/c1-5-7-11(13(19)20-6-2)12-16-17-14-15-9(3)8-10(4)18(12)14/h8,11H,5-7H2,1-4H3. The van der Waals surface area contributed by atoms with Crippen LogP contribution in [0.5, 0.6) is 0 Å². The number of fused-ring (bicyclic) bond motifs is 1. The fourth-order valence-electron chi connectivity index (χ4n) is 2.36. The molecule has 20 heavy (non-hydrogen) atoms. The van der Waals surface area contributed by atoms with Gasteiger partial charge in [0.1, 0.15) is 5.92 Å². The maximum atomic E-state index is 12.1. The Labute approximate surface area is 118 Å². The Morgan fingerprint density at radius 2 is 2.10 bits per heavy atom. The summed E-state index contributed by atoms with van der Waals surface area (Å²) in [6.45, 7) is 8.08. The van der Waals surface area contributed by atoms with Crippen LogP contribution in [0.15, 0.2) is 6.07 Å². The number of nitrogens with zero attached hydrogens (tertiary/aromatic N) is 4. The number of aryl methyl sites for hydroxylation is 2. The highest BCUT2D eigenvalue weighted by Crippen LogP contribution is 2.23. The molecule has 1 atom stereocenters. The predicted octanol–water partition coefficient (Wildman–Crippen LogP) is 2.19. The van der Waals surface area contributed by atoms with Gasteiger partial charge in [0, 0.05) is 11.4 Å². The van der Waals surface area contributed by atoms with Crippen LogP contribution in [-0.2, 0) is 9.53 Å². The summed E-state index contributed by atoms with van der Waals surface area (Å²) in [5, 5.41) is 8.25. The molecule has 108 valence electrons. The SMILES string of the molecule is CCCC(C(=O)OCC)c1nnc2nc(C)cc(C)n12. The Bertz CT molecular complexity index is 621. The Hall–Kier alpha value is -1.98. The van der Waals surface area contributed by atoms with Crippen molar-refractivity contribution in [3.63, 3.8) is 0 Å². The van der Waals surface area contributed by atoms with Gasteiger partial charge in [0.2, 0.25) is 0 Å². The first kappa shape index (κ1) is 14.4. The zero-order valence-corrected chi connectivity index (χ0v) is 12.4. The molecule has 0 radical (unpaired) electrons. The van der Waals surface area contributed by atoms with Crippen molar-refractivity contribution in [2.75, 3.05) is 6.61 Å². The molecule has 0 aliphatic carbocycles. The third-order valence-corrected chi connectivity index (χ3v) is 3.18. The molecule has 6 heteroatoms. The number of aromatic nitrogens is 4. The number of rotatable bonds is 5.